The summed E-state index contributed by atoms with van der Waals surface area (Å²) in [6.07, 6.45) is 0.298. The Labute approximate surface area is 174 Å². The lowest BCUT2D eigenvalue weighted by Crippen LogP contribution is -2.47. The van der Waals surface area contributed by atoms with Gasteiger partial charge in [0.05, 0.1) is 54.4 Å². The third-order valence-corrected chi connectivity index (χ3v) is 4.95. The summed E-state index contributed by atoms with van der Waals surface area (Å²) < 4.78 is -0.944. The Balaban J connectivity index is 2.22. The molecule has 29 heavy (non-hydrogen) atoms. The molecule has 158 valence electrons. The van der Waals surface area contributed by atoms with E-state index in [4.69, 9.17) is 0 Å². The van der Waals surface area contributed by atoms with Crippen LogP contribution >= 0.6 is 0 Å². The lowest BCUT2D eigenvalue weighted by molar-refractivity contribution is -0.842. The van der Waals surface area contributed by atoms with Crippen molar-refractivity contribution in [3.05, 3.63) is 82.2 Å². The molecule has 2 rings (SSSR count). The van der Waals surface area contributed by atoms with E-state index in [-0.39, 0.29) is 11.8 Å². The topological polar surface area (TPSA) is 66.4 Å². The third kappa shape index (κ3) is 8.33. The number of amides is 1. The molecule has 0 atom stereocenters. The van der Waals surface area contributed by atoms with Gasteiger partial charge in [-0.3, -0.25) is 4.79 Å². The Morgan fingerprint density at radius 1 is 0.793 bits per heavy atom. The maximum atomic E-state index is 13.2. The first-order chi connectivity index (χ1) is 13.6. The van der Waals surface area contributed by atoms with Gasteiger partial charge in [0.1, 0.15) is 0 Å². The molecule has 0 radical (unpaired) electrons. The fourth-order valence-corrected chi connectivity index (χ4v) is 3.19. The van der Waals surface area contributed by atoms with Crippen LogP contribution in [0.25, 0.3) is 0 Å². The Kier molecular flexibility index (Phi) is 7.93. The van der Waals surface area contributed by atoms with Gasteiger partial charge in [0.15, 0.2) is 0 Å². The molecule has 2 aromatic carbocycles. The Hall–Kier alpha value is -2.25. The average Bonchev–Trinajstić information content (AvgIpc) is 2.65. The summed E-state index contributed by atoms with van der Waals surface area (Å²) in [4.78, 5) is 14.9. The number of quaternary nitrogens is 2. The van der Waals surface area contributed by atoms with Crippen molar-refractivity contribution >= 4 is 5.91 Å². The predicted molar refractivity (Wildman–Crippen MR) is 117 cm³/mol. The summed E-state index contributed by atoms with van der Waals surface area (Å²) in [6, 6.07) is 19.9. The molecule has 0 aliphatic carbocycles. The minimum Gasteiger partial charge on any atom is -0.633 e. The van der Waals surface area contributed by atoms with Crippen molar-refractivity contribution in [1.29, 1.82) is 0 Å². The number of carbonyl (C=O) groups excluding carboxylic acids is 1. The molecule has 0 saturated heterocycles. The molecule has 0 unspecified atom stereocenters. The molecule has 2 aromatic rings. The second-order valence-electron chi connectivity index (χ2n) is 8.55. The highest BCUT2D eigenvalue weighted by atomic mass is 16.5. The lowest BCUT2D eigenvalue weighted by Gasteiger charge is -2.38. The van der Waals surface area contributed by atoms with Crippen LogP contribution < -0.4 is 0 Å². The average molecular weight is 400 g/mol. The van der Waals surface area contributed by atoms with E-state index in [0.717, 1.165) is 11.1 Å². The predicted octanol–water partition coefficient (Wildman–Crippen LogP) is 3.19. The molecule has 0 N–H and O–H groups in total. The molecule has 0 aliphatic rings. The molecule has 6 nitrogen and oxygen atoms in total. The SMILES string of the molecule is C[N+](C)([O-])CCN(CC[N+](C)(C)[O-])C(=O)CC(c1ccccc1)c1ccccc1. The molecule has 6 heteroatoms. The van der Waals surface area contributed by atoms with E-state index in [9.17, 15) is 15.2 Å². The first-order valence-corrected chi connectivity index (χ1v) is 10.0. The van der Waals surface area contributed by atoms with Crippen molar-refractivity contribution in [2.24, 2.45) is 0 Å². The van der Waals surface area contributed by atoms with Gasteiger partial charge in [-0.1, -0.05) is 60.7 Å². The second kappa shape index (κ2) is 9.98. The van der Waals surface area contributed by atoms with E-state index >= 15 is 0 Å². The van der Waals surface area contributed by atoms with Crippen molar-refractivity contribution in [2.75, 3.05) is 54.4 Å². The Morgan fingerprint density at radius 2 is 1.17 bits per heavy atom. The zero-order valence-electron chi connectivity index (χ0n) is 18.0. The Morgan fingerprint density at radius 3 is 1.52 bits per heavy atom. The number of hydrogen-bond donors (Lipinski definition) is 0. The highest BCUT2D eigenvalue weighted by Crippen LogP contribution is 2.28. The number of benzene rings is 2. The van der Waals surface area contributed by atoms with Gasteiger partial charge in [-0.05, 0) is 11.1 Å². The van der Waals surface area contributed by atoms with Crippen LogP contribution in [0.2, 0.25) is 0 Å². The smallest absolute Gasteiger partial charge is 0.223 e. The van der Waals surface area contributed by atoms with Gasteiger partial charge in [0.2, 0.25) is 5.91 Å². The van der Waals surface area contributed by atoms with Crippen LogP contribution in [0.15, 0.2) is 60.7 Å². The molecular formula is C23H33N3O3. The van der Waals surface area contributed by atoms with Crippen LogP contribution in [-0.2, 0) is 4.79 Å². The highest BCUT2D eigenvalue weighted by Gasteiger charge is 2.24. The van der Waals surface area contributed by atoms with Crippen molar-refractivity contribution in [1.82, 2.24) is 4.90 Å². The van der Waals surface area contributed by atoms with Crippen molar-refractivity contribution in [3.63, 3.8) is 0 Å². The summed E-state index contributed by atoms with van der Waals surface area (Å²) in [5.74, 6) is -0.110. The monoisotopic (exact) mass is 399 g/mol. The standard InChI is InChI=1S/C23H33N3O3/c1-25(2,28)17-15-24(16-18-26(3,4)29)23(27)19-22(20-11-7-5-8-12-20)21-13-9-6-10-14-21/h5-14,22H,15-19H2,1-4H3. The minimum atomic E-state index is -0.472. The van der Waals surface area contributed by atoms with Crippen LogP contribution in [0, 0.1) is 10.4 Å². The van der Waals surface area contributed by atoms with Crippen molar-refractivity contribution in [2.45, 2.75) is 12.3 Å². The van der Waals surface area contributed by atoms with Gasteiger partial charge in [-0.2, -0.15) is 0 Å². The highest BCUT2D eigenvalue weighted by molar-refractivity contribution is 5.77. The molecule has 0 heterocycles. The van der Waals surface area contributed by atoms with E-state index in [1.807, 2.05) is 60.7 Å². The van der Waals surface area contributed by atoms with Gasteiger partial charge >= 0.3 is 0 Å². The minimum absolute atomic E-state index is 0.0374. The van der Waals surface area contributed by atoms with Crippen molar-refractivity contribution < 1.29 is 14.1 Å². The van der Waals surface area contributed by atoms with E-state index in [1.165, 1.54) is 0 Å². The molecule has 0 aliphatic heterocycles. The van der Waals surface area contributed by atoms with Gasteiger partial charge in [0, 0.05) is 12.3 Å². The third-order valence-electron chi connectivity index (χ3n) is 4.95. The summed E-state index contributed by atoms with van der Waals surface area (Å²) >= 11 is 0. The summed E-state index contributed by atoms with van der Waals surface area (Å²) in [6.45, 7) is 1.26. The summed E-state index contributed by atoms with van der Waals surface area (Å²) in [5, 5.41) is 24.1. The number of likely N-dealkylation sites (N-methyl/N-ethyl adjacent to an activating group) is 2. The van der Waals surface area contributed by atoms with E-state index in [2.05, 4.69) is 0 Å². The molecule has 0 aromatic heterocycles. The molecule has 0 bridgehead atoms. The van der Waals surface area contributed by atoms with E-state index < -0.39 is 9.29 Å². The Bertz CT molecular complexity index is 695. The largest absolute Gasteiger partial charge is 0.633 e. The number of hydrogen-bond acceptors (Lipinski definition) is 3. The number of nitrogens with zero attached hydrogens (tertiary/aromatic N) is 3. The first kappa shape index (κ1) is 23.0. The van der Waals surface area contributed by atoms with Gasteiger partial charge in [-0.25, -0.2) is 0 Å². The van der Waals surface area contributed by atoms with E-state index in [1.54, 1.807) is 33.1 Å². The van der Waals surface area contributed by atoms with Crippen LogP contribution in [0.5, 0.6) is 0 Å². The number of rotatable bonds is 10. The fourth-order valence-electron chi connectivity index (χ4n) is 3.19. The van der Waals surface area contributed by atoms with Gasteiger partial charge in [0.25, 0.3) is 0 Å². The fraction of sp³-hybridized carbons (Fsp3) is 0.435. The molecule has 0 fully saturated rings. The maximum Gasteiger partial charge on any atom is 0.223 e. The second-order valence-corrected chi connectivity index (χ2v) is 8.55. The summed E-state index contributed by atoms with van der Waals surface area (Å²) in [5.41, 5.74) is 2.15. The zero-order valence-corrected chi connectivity index (χ0v) is 18.0. The molecular weight excluding hydrogens is 366 g/mol. The number of hydroxylamine groups is 6. The van der Waals surface area contributed by atoms with Crippen LogP contribution in [0.1, 0.15) is 23.5 Å². The van der Waals surface area contributed by atoms with Crippen molar-refractivity contribution in [3.8, 4) is 0 Å². The molecule has 1 amide bonds. The van der Waals surface area contributed by atoms with Crippen LogP contribution in [-0.4, -0.2) is 74.5 Å². The molecule has 0 saturated carbocycles. The van der Waals surface area contributed by atoms with Crippen LogP contribution in [0.4, 0.5) is 0 Å². The van der Waals surface area contributed by atoms with Crippen LogP contribution in [0.3, 0.4) is 0 Å². The lowest BCUT2D eigenvalue weighted by atomic mass is 9.88. The maximum absolute atomic E-state index is 13.2. The quantitative estimate of drug-likeness (QED) is 0.455. The van der Waals surface area contributed by atoms with Gasteiger partial charge < -0.3 is 24.6 Å². The first-order valence-electron chi connectivity index (χ1n) is 10.0. The zero-order chi connectivity index (χ0) is 21.5. The number of carbonyl (C=O) groups is 1. The summed E-state index contributed by atoms with van der Waals surface area (Å²) in [7, 11) is 6.25. The van der Waals surface area contributed by atoms with Gasteiger partial charge in [-0.15, -0.1) is 0 Å². The normalized spacial score (nSPS) is 12.2. The molecule has 0 spiro atoms. The van der Waals surface area contributed by atoms with E-state index in [0.29, 0.717) is 32.6 Å².